The Bertz CT molecular complexity index is 614. The third-order valence-corrected chi connectivity index (χ3v) is 4.35. The Hall–Kier alpha value is -2.48. The summed E-state index contributed by atoms with van der Waals surface area (Å²) in [7, 11) is 3.22. The Morgan fingerprint density at radius 1 is 1.20 bits per heavy atom. The highest BCUT2D eigenvalue weighted by molar-refractivity contribution is 5.78. The maximum atomic E-state index is 12.2. The van der Waals surface area contributed by atoms with Crippen molar-refractivity contribution in [1.29, 1.82) is 0 Å². The van der Waals surface area contributed by atoms with Gasteiger partial charge in [0.2, 0.25) is 5.91 Å². The van der Waals surface area contributed by atoms with Gasteiger partial charge in [-0.15, -0.1) is 0 Å². The number of nitrogens with zero attached hydrogens (tertiary/aromatic N) is 2. The summed E-state index contributed by atoms with van der Waals surface area (Å²) in [6, 6.07) is 4.66. The number of hydrogen-bond donors (Lipinski definition) is 2. The third kappa shape index (κ3) is 4.76. The van der Waals surface area contributed by atoms with Crippen molar-refractivity contribution >= 4 is 17.6 Å². The van der Waals surface area contributed by atoms with Gasteiger partial charge in [0.05, 0.1) is 19.9 Å². The van der Waals surface area contributed by atoms with Gasteiger partial charge >= 0.3 is 5.97 Å². The van der Waals surface area contributed by atoms with E-state index in [1.807, 2.05) is 18.2 Å². The van der Waals surface area contributed by atoms with E-state index in [2.05, 4.69) is 4.90 Å². The highest BCUT2D eigenvalue weighted by Crippen LogP contribution is 2.32. The van der Waals surface area contributed by atoms with Crippen molar-refractivity contribution in [2.24, 2.45) is 5.73 Å². The van der Waals surface area contributed by atoms with Gasteiger partial charge in [-0.05, 0) is 18.6 Å². The lowest BCUT2D eigenvalue weighted by molar-refractivity contribution is -0.139. The Morgan fingerprint density at radius 2 is 1.88 bits per heavy atom. The van der Waals surface area contributed by atoms with Crippen molar-refractivity contribution in [2.75, 3.05) is 45.3 Å². The van der Waals surface area contributed by atoms with E-state index in [1.165, 1.54) is 0 Å². The maximum absolute atomic E-state index is 12.2. The largest absolute Gasteiger partial charge is 0.497 e. The molecular weight excluding hydrogens is 326 g/mol. The second-order valence-corrected chi connectivity index (χ2v) is 5.89. The highest BCUT2D eigenvalue weighted by atomic mass is 16.5. The van der Waals surface area contributed by atoms with Gasteiger partial charge < -0.3 is 30.1 Å². The number of carboxylic acids is 1. The second-order valence-electron chi connectivity index (χ2n) is 5.89. The number of carboxylic acid groups (broad SMARTS) is 1. The number of amides is 1. The van der Waals surface area contributed by atoms with E-state index in [9.17, 15) is 9.59 Å². The molecule has 1 amide bonds. The smallest absolute Gasteiger partial charge is 0.320 e. The van der Waals surface area contributed by atoms with Gasteiger partial charge in [0, 0.05) is 38.7 Å². The van der Waals surface area contributed by atoms with Crippen LogP contribution in [0.1, 0.15) is 12.8 Å². The van der Waals surface area contributed by atoms with Crippen LogP contribution in [-0.2, 0) is 9.59 Å². The molecule has 0 bridgehead atoms. The first-order valence-electron chi connectivity index (χ1n) is 8.19. The molecule has 0 radical (unpaired) electrons. The van der Waals surface area contributed by atoms with Gasteiger partial charge in [0.1, 0.15) is 17.5 Å². The summed E-state index contributed by atoms with van der Waals surface area (Å²) in [5.74, 6) is 0.318. The molecule has 1 aromatic carbocycles. The fourth-order valence-corrected chi connectivity index (χ4v) is 2.80. The number of ether oxygens (including phenoxy) is 2. The zero-order valence-electron chi connectivity index (χ0n) is 14.6. The van der Waals surface area contributed by atoms with Gasteiger partial charge in [-0.3, -0.25) is 9.59 Å². The molecule has 0 unspecified atom stereocenters. The summed E-state index contributed by atoms with van der Waals surface area (Å²) < 4.78 is 10.6. The number of hydrogen-bond acceptors (Lipinski definition) is 6. The molecule has 1 aromatic rings. The van der Waals surface area contributed by atoms with Crippen molar-refractivity contribution in [3.63, 3.8) is 0 Å². The van der Waals surface area contributed by atoms with Crippen molar-refractivity contribution in [3.8, 4) is 11.5 Å². The first-order valence-corrected chi connectivity index (χ1v) is 8.19. The van der Waals surface area contributed by atoms with Crippen LogP contribution in [-0.4, -0.2) is 68.3 Å². The zero-order chi connectivity index (χ0) is 18.4. The number of carbonyl (C=O) groups excluding carboxylic acids is 1. The molecule has 3 N–H and O–H groups in total. The van der Waals surface area contributed by atoms with Crippen LogP contribution in [0, 0.1) is 0 Å². The fraction of sp³-hybridized carbons (Fsp3) is 0.529. The number of methoxy groups -OCH3 is 2. The maximum Gasteiger partial charge on any atom is 0.320 e. The molecule has 138 valence electrons. The lowest BCUT2D eigenvalue weighted by Gasteiger charge is -2.36. The van der Waals surface area contributed by atoms with Crippen molar-refractivity contribution < 1.29 is 24.2 Å². The van der Waals surface area contributed by atoms with E-state index in [0.717, 1.165) is 17.2 Å². The summed E-state index contributed by atoms with van der Waals surface area (Å²) in [5, 5.41) is 8.78. The quantitative estimate of drug-likeness (QED) is 0.739. The number of benzene rings is 1. The van der Waals surface area contributed by atoms with Crippen LogP contribution in [0.5, 0.6) is 11.5 Å². The highest BCUT2D eigenvalue weighted by Gasteiger charge is 2.24. The van der Waals surface area contributed by atoms with Crippen molar-refractivity contribution in [1.82, 2.24) is 4.90 Å². The molecule has 0 spiro atoms. The van der Waals surface area contributed by atoms with E-state index in [0.29, 0.717) is 26.2 Å². The molecule has 1 saturated heterocycles. The van der Waals surface area contributed by atoms with Gasteiger partial charge in [0.25, 0.3) is 0 Å². The molecule has 1 fully saturated rings. The van der Waals surface area contributed by atoms with Crippen LogP contribution >= 0.6 is 0 Å². The summed E-state index contributed by atoms with van der Waals surface area (Å²) in [4.78, 5) is 26.8. The number of carbonyl (C=O) groups is 2. The molecule has 8 heteroatoms. The van der Waals surface area contributed by atoms with Crippen LogP contribution in [0.3, 0.4) is 0 Å². The molecule has 1 atom stereocenters. The minimum atomic E-state index is -1.08. The monoisotopic (exact) mass is 351 g/mol. The molecule has 8 nitrogen and oxygen atoms in total. The van der Waals surface area contributed by atoms with Crippen LogP contribution in [0.15, 0.2) is 18.2 Å². The van der Waals surface area contributed by atoms with Crippen LogP contribution in [0.2, 0.25) is 0 Å². The molecule has 0 aromatic heterocycles. The minimum Gasteiger partial charge on any atom is -0.497 e. The van der Waals surface area contributed by atoms with E-state index in [1.54, 1.807) is 19.1 Å². The van der Waals surface area contributed by atoms with Gasteiger partial charge in [0.15, 0.2) is 0 Å². The average molecular weight is 351 g/mol. The molecular formula is C17H25N3O5. The predicted octanol–water partition coefficient (Wildman–Crippen LogP) is 0.545. The summed E-state index contributed by atoms with van der Waals surface area (Å²) in [5.41, 5.74) is 6.41. The molecule has 1 aliphatic heterocycles. The van der Waals surface area contributed by atoms with Crippen LogP contribution in [0.25, 0.3) is 0 Å². The minimum absolute atomic E-state index is 0.0574. The van der Waals surface area contributed by atoms with Crippen molar-refractivity contribution in [3.05, 3.63) is 18.2 Å². The zero-order valence-corrected chi connectivity index (χ0v) is 14.6. The normalized spacial score (nSPS) is 15.6. The molecule has 25 heavy (non-hydrogen) atoms. The molecule has 1 heterocycles. The summed E-state index contributed by atoms with van der Waals surface area (Å²) in [6.45, 7) is 2.52. The molecule has 2 rings (SSSR count). The number of aliphatic carboxylic acids is 1. The third-order valence-electron chi connectivity index (χ3n) is 4.35. The number of rotatable bonds is 7. The van der Waals surface area contributed by atoms with E-state index >= 15 is 0 Å². The fourth-order valence-electron chi connectivity index (χ4n) is 2.80. The topological polar surface area (TPSA) is 105 Å². The molecule has 0 aliphatic carbocycles. The van der Waals surface area contributed by atoms with Gasteiger partial charge in [-0.25, -0.2) is 0 Å². The average Bonchev–Trinajstić information content (AvgIpc) is 2.65. The predicted molar refractivity (Wildman–Crippen MR) is 93.2 cm³/mol. The van der Waals surface area contributed by atoms with Crippen LogP contribution < -0.4 is 20.1 Å². The summed E-state index contributed by atoms with van der Waals surface area (Å²) >= 11 is 0. The second kappa shape index (κ2) is 8.57. The lowest BCUT2D eigenvalue weighted by atomic mass is 10.1. The number of piperazine rings is 1. The lowest BCUT2D eigenvalue weighted by Crippen LogP contribution is -2.49. The van der Waals surface area contributed by atoms with E-state index < -0.39 is 12.0 Å². The van der Waals surface area contributed by atoms with E-state index in [4.69, 9.17) is 20.3 Å². The van der Waals surface area contributed by atoms with Gasteiger partial charge in [-0.1, -0.05) is 0 Å². The van der Waals surface area contributed by atoms with Crippen molar-refractivity contribution in [2.45, 2.75) is 18.9 Å². The number of anilines is 1. The first kappa shape index (κ1) is 18.9. The standard InChI is InChI=1S/C17H25N3O5/c1-24-12-3-5-14(15(11-12)25-2)19-7-9-20(10-8-19)16(21)6-4-13(18)17(22)23/h3,5,11,13H,4,6-10,18H2,1-2H3,(H,22,23)/t13-/m0/s1. The summed E-state index contributed by atoms with van der Waals surface area (Å²) in [6.07, 6.45) is 0.306. The number of nitrogens with two attached hydrogens (primary N) is 1. The molecule has 0 saturated carbocycles. The Kier molecular flexibility index (Phi) is 6.46. The Labute approximate surface area is 147 Å². The Balaban J connectivity index is 1.91. The van der Waals surface area contributed by atoms with Crippen LogP contribution in [0.4, 0.5) is 5.69 Å². The van der Waals surface area contributed by atoms with E-state index in [-0.39, 0.29) is 18.7 Å². The van der Waals surface area contributed by atoms with Gasteiger partial charge in [-0.2, -0.15) is 0 Å². The first-order chi connectivity index (χ1) is 12.0. The SMILES string of the molecule is COc1ccc(N2CCN(C(=O)CC[C@H](N)C(=O)O)CC2)c(OC)c1. The molecule has 1 aliphatic rings. The Morgan fingerprint density at radius 3 is 2.44 bits per heavy atom.